The third-order valence-corrected chi connectivity index (χ3v) is 7.06. The van der Waals surface area contributed by atoms with E-state index in [1.54, 1.807) is 36.7 Å². The molecule has 3 heterocycles. The molecule has 0 unspecified atom stereocenters. The largest absolute Gasteiger partial charge is 0.416 e. The Morgan fingerprint density at radius 1 is 1.00 bits per heavy atom. The van der Waals surface area contributed by atoms with E-state index in [9.17, 15) is 22.8 Å². The summed E-state index contributed by atoms with van der Waals surface area (Å²) < 4.78 is 41.0. The lowest BCUT2D eigenvalue weighted by atomic mass is 10.1. The lowest BCUT2D eigenvalue weighted by molar-refractivity contribution is -0.137. The summed E-state index contributed by atoms with van der Waals surface area (Å²) in [6, 6.07) is 12.8. The molecule has 9 nitrogen and oxygen atoms in total. The second kappa shape index (κ2) is 10.4. The molecule has 0 spiro atoms. The van der Waals surface area contributed by atoms with Crippen molar-refractivity contribution in [3.05, 3.63) is 106 Å². The monoisotopic (exact) mass is 571 g/mol. The summed E-state index contributed by atoms with van der Waals surface area (Å²) in [6.07, 6.45) is 0.495. The van der Waals surface area contributed by atoms with Crippen LogP contribution in [0.5, 0.6) is 0 Å². The van der Waals surface area contributed by atoms with Crippen molar-refractivity contribution in [3.63, 3.8) is 0 Å². The van der Waals surface area contributed by atoms with Crippen molar-refractivity contribution >= 4 is 34.3 Å². The molecule has 1 saturated carbocycles. The summed E-state index contributed by atoms with van der Waals surface area (Å²) in [4.78, 5) is 43.9. The molecule has 0 aliphatic heterocycles. The molecule has 12 heteroatoms. The van der Waals surface area contributed by atoms with Gasteiger partial charge in [0.25, 0.3) is 5.91 Å². The van der Waals surface area contributed by atoms with E-state index in [4.69, 9.17) is 0 Å². The molecule has 6 rings (SSSR count). The van der Waals surface area contributed by atoms with Crippen LogP contribution in [0.15, 0.2) is 71.8 Å². The number of aromatic nitrogens is 5. The van der Waals surface area contributed by atoms with Gasteiger partial charge in [-0.25, -0.2) is 9.78 Å². The van der Waals surface area contributed by atoms with Crippen molar-refractivity contribution in [2.24, 2.45) is 0 Å². The molecule has 0 saturated heterocycles. The standard InChI is InChI=1S/C30H24F3N7O2/c1-16-8-11-21(36-27(41)19-5-3-6-20(13-19)30(31,32)33)14-24(16)40-25(18-9-10-18)22-15-35-28(38-26(22)39-29(40)42)37-23-7-4-12-34-17(23)2/h3-8,11-15,18H,9-10H2,1-2H3,(H,36,41)(H,37,38,39,42). The number of anilines is 3. The van der Waals surface area contributed by atoms with Gasteiger partial charge in [0.1, 0.15) is 0 Å². The second-order valence-electron chi connectivity index (χ2n) is 10.1. The van der Waals surface area contributed by atoms with Crippen LogP contribution in [0.2, 0.25) is 0 Å². The maximum Gasteiger partial charge on any atom is 0.416 e. The van der Waals surface area contributed by atoms with Crippen LogP contribution < -0.4 is 16.3 Å². The number of halogens is 3. The first-order valence-corrected chi connectivity index (χ1v) is 13.2. The van der Waals surface area contributed by atoms with Crippen LogP contribution in [0, 0.1) is 13.8 Å². The molecule has 3 aromatic heterocycles. The smallest absolute Gasteiger partial charge is 0.323 e. The molecule has 42 heavy (non-hydrogen) atoms. The van der Waals surface area contributed by atoms with Crippen LogP contribution in [0.25, 0.3) is 16.7 Å². The zero-order valence-electron chi connectivity index (χ0n) is 22.5. The van der Waals surface area contributed by atoms with E-state index >= 15 is 0 Å². The van der Waals surface area contributed by atoms with Gasteiger partial charge in [-0.3, -0.25) is 14.3 Å². The predicted octanol–water partition coefficient (Wildman–Crippen LogP) is 6.08. The van der Waals surface area contributed by atoms with Gasteiger partial charge in [0.15, 0.2) is 5.65 Å². The number of alkyl halides is 3. The zero-order chi connectivity index (χ0) is 29.6. The van der Waals surface area contributed by atoms with E-state index in [1.165, 1.54) is 16.7 Å². The number of nitrogens with zero attached hydrogens (tertiary/aromatic N) is 5. The Bertz CT molecular complexity index is 1920. The lowest BCUT2D eigenvalue weighted by Crippen LogP contribution is -2.26. The molecular formula is C30H24F3N7O2. The highest BCUT2D eigenvalue weighted by atomic mass is 19.4. The number of hydrogen-bond acceptors (Lipinski definition) is 7. The maximum atomic E-state index is 13.5. The molecule has 2 aromatic carbocycles. The maximum absolute atomic E-state index is 13.5. The summed E-state index contributed by atoms with van der Waals surface area (Å²) in [6.45, 7) is 3.67. The minimum Gasteiger partial charge on any atom is -0.323 e. The number of rotatable bonds is 6. The third kappa shape index (κ3) is 5.30. The summed E-state index contributed by atoms with van der Waals surface area (Å²) in [5.74, 6) is -0.339. The molecule has 0 bridgehead atoms. The molecule has 1 aliphatic rings. The average Bonchev–Trinajstić information content (AvgIpc) is 3.80. The topological polar surface area (TPSA) is 115 Å². The molecule has 1 aliphatic carbocycles. The first kappa shape index (κ1) is 27.1. The van der Waals surface area contributed by atoms with Crippen LogP contribution in [0.3, 0.4) is 0 Å². The number of aryl methyl sites for hydroxylation is 2. The first-order valence-electron chi connectivity index (χ1n) is 13.2. The Labute approximate surface area is 237 Å². The predicted molar refractivity (Wildman–Crippen MR) is 151 cm³/mol. The van der Waals surface area contributed by atoms with Gasteiger partial charge in [-0.2, -0.15) is 23.1 Å². The van der Waals surface area contributed by atoms with Gasteiger partial charge in [-0.05, 0) is 74.7 Å². The molecule has 2 N–H and O–H groups in total. The summed E-state index contributed by atoms with van der Waals surface area (Å²) in [5, 5.41) is 6.40. The number of fused-ring (bicyclic) bond motifs is 1. The number of amides is 1. The molecule has 5 aromatic rings. The van der Waals surface area contributed by atoms with Crippen molar-refractivity contribution in [1.29, 1.82) is 0 Å². The quantitative estimate of drug-likeness (QED) is 0.254. The molecule has 212 valence electrons. The number of pyridine rings is 1. The first-order chi connectivity index (χ1) is 20.1. The second-order valence-corrected chi connectivity index (χ2v) is 10.1. The Balaban J connectivity index is 1.38. The Kier molecular flexibility index (Phi) is 6.68. The van der Waals surface area contributed by atoms with Crippen molar-refractivity contribution in [3.8, 4) is 5.69 Å². The number of benzene rings is 2. The van der Waals surface area contributed by atoms with Gasteiger partial charge in [0.05, 0.1) is 28.0 Å². The van der Waals surface area contributed by atoms with Crippen molar-refractivity contribution in [1.82, 2.24) is 24.5 Å². The van der Waals surface area contributed by atoms with Gasteiger partial charge >= 0.3 is 11.9 Å². The molecule has 1 amide bonds. The van der Waals surface area contributed by atoms with Gasteiger partial charge < -0.3 is 10.6 Å². The number of carbonyl (C=O) groups is 1. The molecule has 0 radical (unpaired) electrons. The highest BCUT2D eigenvalue weighted by molar-refractivity contribution is 6.04. The average molecular weight is 572 g/mol. The van der Waals surface area contributed by atoms with Gasteiger partial charge in [-0.1, -0.05) is 12.1 Å². The summed E-state index contributed by atoms with van der Waals surface area (Å²) in [7, 11) is 0. The van der Waals surface area contributed by atoms with E-state index in [1.807, 2.05) is 19.9 Å². The van der Waals surface area contributed by atoms with Crippen LogP contribution in [-0.2, 0) is 6.18 Å². The minimum atomic E-state index is -4.57. The Hall–Kier alpha value is -5.13. The normalized spacial score (nSPS) is 13.3. The minimum absolute atomic E-state index is 0.0916. The highest BCUT2D eigenvalue weighted by Crippen LogP contribution is 2.43. The van der Waals surface area contributed by atoms with Crippen molar-refractivity contribution < 1.29 is 18.0 Å². The lowest BCUT2D eigenvalue weighted by Gasteiger charge is -2.18. The number of nitrogens with one attached hydrogen (secondary N) is 2. The van der Waals surface area contributed by atoms with Gasteiger partial charge in [-0.15, -0.1) is 0 Å². The van der Waals surface area contributed by atoms with E-state index in [2.05, 4.69) is 30.6 Å². The van der Waals surface area contributed by atoms with E-state index < -0.39 is 23.3 Å². The molecule has 1 fully saturated rings. The number of hydrogen-bond donors (Lipinski definition) is 2. The molecule has 0 atom stereocenters. The van der Waals surface area contributed by atoms with E-state index in [0.717, 1.165) is 47.6 Å². The number of carbonyl (C=O) groups excluding carboxylic acids is 1. The van der Waals surface area contributed by atoms with Crippen molar-refractivity contribution in [2.75, 3.05) is 10.6 Å². The van der Waals surface area contributed by atoms with Crippen LogP contribution in [0.4, 0.5) is 30.5 Å². The van der Waals surface area contributed by atoms with E-state index in [-0.39, 0.29) is 23.1 Å². The van der Waals surface area contributed by atoms with Crippen LogP contribution in [0.1, 0.15) is 51.6 Å². The molecular weight excluding hydrogens is 547 g/mol. The fraction of sp³-hybridized carbons (Fsp3) is 0.200. The van der Waals surface area contributed by atoms with E-state index in [0.29, 0.717) is 16.8 Å². The summed E-state index contributed by atoms with van der Waals surface area (Å²) >= 11 is 0. The fourth-order valence-electron chi connectivity index (χ4n) is 4.76. The van der Waals surface area contributed by atoms with Gasteiger partial charge in [0.2, 0.25) is 5.95 Å². The fourth-order valence-corrected chi connectivity index (χ4v) is 4.76. The van der Waals surface area contributed by atoms with Crippen LogP contribution >= 0.6 is 0 Å². The zero-order valence-corrected chi connectivity index (χ0v) is 22.5. The highest BCUT2D eigenvalue weighted by Gasteiger charge is 2.32. The summed E-state index contributed by atoms with van der Waals surface area (Å²) in [5.41, 5.74) is 2.41. The third-order valence-electron chi connectivity index (χ3n) is 7.06. The van der Waals surface area contributed by atoms with Crippen LogP contribution in [-0.4, -0.2) is 30.4 Å². The van der Waals surface area contributed by atoms with Gasteiger partial charge in [0, 0.05) is 35.3 Å². The van der Waals surface area contributed by atoms with Crippen molar-refractivity contribution in [2.45, 2.75) is 38.8 Å². The Morgan fingerprint density at radius 2 is 1.81 bits per heavy atom. The SMILES string of the molecule is Cc1ccc(NC(=O)c2cccc(C(F)(F)F)c2)cc1-n1c(C2CC2)c2cnc(Nc3cccnc3C)nc2nc1=O. The Morgan fingerprint density at radius 3 is 2.55 bits per heavy atom.